The largest absolute Gasteiger partial charge is 0.379 e. The summed E-state index contributed by atoms with van der Waals surface area (Å²) < 4.78 is 5.43. The molecule has 0 aromatic rings. The van der Waals surface area contributed by atoms with E-state index in [-0.39, 0.29) is 0 Å². The third-order valence-electron chi connectivity index (χ3n) is 4.75. The summed E-state index contributed by atoms with van der Waals surface area (Å²) in [5.74, 6) is 3.09. The van der Waals surface area contributed by atoms with Gasteiger partial charge in [-0.15, -0.1) is 0 Å². The molecule has 0 spiro atoms. The van der Waals surface area contributed by atoms with Crippen LogP contribution in [-0.4, -0.2) is 72.6 Å². The summed E-state index contributed by atoms with van der Waals surface area (Å²) in [5, 5.41) is 0. The van der Waals surface area contributed by atoms with Gasteiger partial charge in [0.15, 0.2) is 0 Å². The fourth-order valence-electron chi connectivity index (χ4n) is 3.24. The molecule has 1 amide bonds. The smallest absolute Gasteiger partial charge is 0.226 e. The summed E-state index contributed by atoms with van der Waals surface area (Å²) in [7, 11) is 0. The molecule has 0 unspecified atom stereocenters. The molecule has 1 saturated carbocycles. The van der Waals surface area contributed by atoms with Gasteiger partial charge < -0.3 is 9.64 Å². The molecule has 1 atom stereocenters. The molecule has 0 aromatic carbocycles. The zero-order valence-corrected chi connectivity index (χ0v) is 13.1. The minimum absolute atomic E-state index is 0.338. The second kappa shape index (κ2) is 7.14. The van der Waals surface area contributed by atoms with E-state index in [9.17, 15) is 4.79 Å². The summed E-state index contributed by atoms with van der Waals surface area (Å²) in [5.41, 5.74) is 0. The van der Waals surface area contributed by atoms with E-state index in [0.717, 1.165) is 64.4 Å². The number of carbonyl (C=O) groups is 1. The number of ether oxygens (including phenoxy) is 1. The van der Waals surface area contributed by atoms with Crippen LogP contribution in [0.2, 0.25) is 0 Å². The molecular formula is C15H26N2O2S. The van der Waals surface area contributed by atoms with Crippen LogP contribution in [-0.2, 0) is 9.53 Å². The van der Waals surface area contributed by atoms with Crippen LogP contribution in [0.15, 0.2) is 0 Å². The first-order valence-electron chi connectivity index (χ1n) is 8.03. The van der Waals surface area contributed by atoms with Crippen molar-refractivity contribution in [3.8, 4) is 0 Å². The van der Waals surface area contributed by atoms with Crippen LogP contribution < -0.4 is 0 Å². The maximum absolute atomic E-state index is 12.7. The second-order valence-corrected chi connectivity index (χ2v) is 7.30. The van der Waals surface area contributed by atoms with E-state index >= 15 is 0 Å². The molecule has 3 fully saturated rings. The minimum Gasteiger partial charge on any atom is -0.379 e. The van der Waals surface area contributed by atoms with Crippen molar-refractivity contribution in [2.24, 2.45) is 5.92 Å². The molecule has 0 N–H and O–H groups in total. The molecule has 0 radical (unpaired) electrons. The average molecular weight is 298 g/mol. The van der Waals surface area contributed by atoms with E-state index in [1.807, 2.05) is 11.8 Å². The molecule has 2 aliphatic heterocycles. The Morgan fingerprint density at radius 2 is 1.95 bits per heavy atom. The normalized spacial score (nSPS) is 29.8. The average Bonchev–Trinajstić information content (AvgIpc) is 2.63. The van der Waals surface area contributed by atoms with Crippen LogP contribution in [0.25, 0.3) is 0 Å². The van der Waals surface area contributed by atoms with E-state index in [1.165, 1.54) is 12.2 Å². The van der Waals surface area contributed by atoms with E-state index < -0.39 is 0 Å². The highest BCUT2D eigenvalue weighted by Crippen LogP contribution is 2.30. The lowest BCUT2D eigenvalue weighted by Crippen LogP contribution is -2.52. The van der Waals surface area contributed by atoms with Gasteiger partial charge in [0.2, 0.25) is 5.91 Å². The third kappa shape index (κ3) is 3.49. The molecule has 1 aliphatic carbocycles. The third-order valence-corrected chi connectivity index (χ3v) is 5.95. The van der Waals surface area contributed by atoms with E-state index in [4.69, 9.17) is 4.74 Å². The number of amides is 1. The number of hydrogen-bond donors (Lipinski definition) is 0. The zero-order chi connectivity index (χ0) is 13.8. The van der Waals surface area contributed by atoms with Gasteiger partial charge in [0, 0.05) is 37.8 Å². The highest BCUT2D eigenvalue weighted by atomic mass is 32.2. The lowest BCUT2D eigenvalue weighted by atomic mass is 9.84. The molecular weight excluding hydrogens is 272 g/mol. The Balaban J connectivity index is 1.61. The Hall–Kier alpha value is -0.260. The SMILES string of the molecule is O=C(C1CCC1)N1CCCSC[C@H]1CN1CCOCC1. The molecule has 3 aliphatic rings. The maximum Gasteiger partial charge on any atom is 0.226 e. The van der Waals surface area contributed by atoms with Crippen molar-refractivity contribution < 1.29 is 9.53 Å². The first-order chi connectivity index (χ1) is 9.84. The molecule has 20 heavy (non-hydrogen) atoms. The number of nitrogens with zero attached hydrogens (tertiary/aromatic N) is 2. The predicted octanol–water partition coefficient (Wildman–Crippen LogP) is 1.45. The van der Waals surface area contributed by atoms with Crippen LogP contribution in [0.1, 0.15) is 25.7 Å². The number of morpholine rings is 1. The van der Waals surface area contributed by atoms with Crippen molar-refractivity contribution in [3.63, 3.8) is 0 Å². The molecule has 0 aromatic heterocycles. The predicted molar refractivity (Wildman–Crippen MR) is 82.0 cm³/mol. The Kier molecular flexibility index (Phi) is 5.24. The van der Waals surface area contributed by atoms with Gasteiger partial charge >= 0.3 is 0 Å². The van der Waals surface area contributed by atoms with Gasteiger partial charge in [-0.1, -0.05) is 6.42 Å². The molecule has 114 valence electrons. The highest BCUT2D eigenvalue weighted by Gasteiger charge is 2.34. The number of thioether (sulfide) groups is 1. The molecule has 5 heteroatoms. The summed E-state index contributed by atoms with van der Waals surface area (Å²) in [4.78, 5) is 17.4. The van der Waals surface area contributed by atoms with Crippen molar-refractivity contribution in [1.29, 1.82) is 0 Å². The minimum atomic E-state index is 0.338. The number of carbonyl (C=O) groups excluding carboxylic acids is 1. The van der Waals surface area contributed by atoms with Crippen LogP contribution in [0.5, 0.6) is 0 Å². The van der Waals surface area contributed by atoms with Crippen LogP contribution in [0.3, 0.4) is 0 Å². The standard InChI is InChI=1S/C15H26N2O2S/c18-15(13-3-1-4-13)17-5-2-10-20-12-14(17)11-16-6-8-19-9-7-16/h13-14H,1-12H2/t14-/m1/s1. The number of hydrogen-bond acceptors (Lipinski definition) is 4. The van der Waals surface area contributed by atoms with Gasteiger partial charge in [0.05, 0.1) is 19.3 Å². The summed E-state index contributed by atoms with van der Waals surface area (Å²) in [6.07, 6.45) is 4.63. The van der Waals surface area contributed by atoms with Crippen molar-refractivity contribution >= 4 is 17.7 Å². The molecule has 2 heterocycles. The monoisotopic (exact) mass is 298 g/mol. The fraction of sp³-hybridized carbons (Fsp3) is 0.933. The lowest BCUT2D eigenvalue weighted by molar-refractivity contribution is -0.140. The number of rotatable bonds is 3. The first kappa shape index (κ1) is 14.7. The van der Waals surface area contributed by atoms with Crippen LogP contribution in [0, 0.1) is 5.92 Å². The van der Waals surface area contributed by atoms with E-state index in [2.05, 4.69) is 9.80 Å². The molecule has 2 saturated heterocycles. The van der Waals surface area contributed by atoms with Crippen LogP contribution >= 0.6 is 11.8 Å². The summed E-state index contributed by atoms with van der Waals surface area (Å²) in [6.45, 7) is 5.73. The highest BCUT2D eigenvalue weighted by molar-refractivity contribution is 7.99. The quantitative estimate of drug-likeness (QED) is 0.789. The Morgan fingerprint density at radius 3 is 2.65 bits per heavy atom. The molecule has 0 bridgehead atoms. The maximum atomic E-state index is 12.7. The summed E-state index contributed by atoms with van der Waals surface area (Å²) in [6, 6.07) is 0.411. The zero-order valence-electron chi connectivity index (χ0n) is 12.3. The van der Waals surface area contributed by atoms with Crippen molar-refractivity contribution in [2.45, 2.75) is 31.7 Å². The Labute approximate surface area is 126 Å². The van der Waals surface area contributed by atoms with Gasteiger partial charge in [0.25, 0.3) is 0 Å². The van der Waals surface area contributed by atoms with Crippen molar-refractivity contribution in [2.75, 3.05) is 50.9 Å². The van der Waals surface area contributed by atoms with Gasteiger partial charge in [-0.05, 0) is 25.0 Å². The van der Waals surface area contributed by atoms with Gasteiger partial charge in [-0.25, -0.2) is 0 Å². The van der Waals surface area contributed by atoms with Crippen molar-refractivity contribution in [3.05, 3.63) is 0 Å². The van der Waals surface area contributed by atoms with E-state index in [1.54, 1.807) is 0 Å². The van der Waals surface area contributed by atoms with Gasteiger partial charge in [-0.2, -0.15) is 11.8 Å². The topological polar surface area (TPSA) is 32.8 Å². The Morgan fingerprint density at radius 1 is 1.15 bits per heavy atom. The van der Waals surface area contributed by atoms with Crippen LogP contribution in [0.4, 0.5) is 0 Å². The fourth-order valence-corrected chi connectivity index (χ4v) is 4.30. The first-order valence-corrected chi connectivity index (χ1v) is 9.18. The molecule has 3 rings (SSSR count). The Bertz CT molecular complexity index is 330. The lowest BCUT2D eigenvalue weighted by Gasteiger charge is -2.38. The van der Waals surface area contributed by atoms with Gasteiger partial charge in [-0.3, -0.25) is 9.69 Å². The van der Waals surface area contributed by atoms with E-state index in [0.29, 0.717) is 17.9 Å². The molecule has 4 nitrogen and oxygen atoms in total. The summed E-state index contributed by atoms with van der Waals surface area (Å²) >= 11 is 2.02. The van der Waals surface area contributed by atoms with Crippen molar-refractivity contribution in [1.82, 2.24) is 9.80 Å². The second-order valence-electron chi connectivity index (χ2n) is 6.15. The van der Waals surface area contributed by atoms with Gasteiger partial charge in [0.1, 0.15) is 0 Å².